The molecule has 1 rings (SSSR count). The van der Waals surface area contributed by atoms with Gasteiger partial charge in [-0.2, -0.15) is 11.8 Å². The van der Waals surface area contributed by atoms with Gasteiger partial charge in [-0.25, -0.2) is 0 Å². The second-order valence-electron chi connectivity index (χ2n) is 4.66. The molecule has 0 aliphatic carbocycles. The van der Waals surface area contributed by atoms with Crippen molar-refractivity contribution in [2.45, 2.75) is 20.3 Å². The Labute approximate surface area is 132 Å². The molecule has 0 radical (unpaired) electrons. The summed E-state index contributed by atoms with van der Waals surface area (Å²) in [5.41, 5.74) is 5.94. The average Bonchev–Trinajstić information content (AvgIpc) is 2.34. The van der Waals surface area contributed by atoms with Gasteiger partial charge in [-0.05, 0) is 12.3 Å². The molecule has 4 nitrogen and oxygen atoms in total. The molecule has 108 valence electrons. The number of guanidine groups is 1. The lowest BCUT2D eigenvalue weighted by Gasteiger charge is -2.27. The molecule has 0 unspecified atom stereocenters. The molecule has 0 amide bonds. The van der Waals surface area contributed by atoms with Crippen molar-refractivity contribution in [3.05, 3.63) is 0 Å². The van der Waals surface area contributed by atoms with Crippen molar-refractivity contribution >= 4 is 41.7 Å². The highest BCUT2D eigenvalue weighted by Crippen LogP contribution is 2.08. The van der Waals surface area contributed by atoms with Crippen molar-refractivity contribution in [3.8, 4) is 0 Å². The summed E-state index contributed by atoms with van der Waals surface area (Å²) in [4.78, 5) is 6.57. The van der Waals surface area contributed by atoms with E-state index in [9.17, 15) is 0 Å². The lowest BCUT2D eigenvalue weighted by atomic mass is 10.2. The summed E-state index contributed by atoms with van der Waals surface area (Å²) in [6.45, 7) is 8.77. The Morgan fingerprint density at radius 2 is 2.06 bits per heavy atom. The molecular formula is C12H26IN3OS. The second kappa shape index (κ2) is 11.2. The van der Waals surface area contributed by atoms with E-state index in [1.165, 1.54) is 0 Å². The normalized spacial score (nSPS) is 16.8. The monoisotopic (exact) mass is 387 g/mol. The molecule has 0 saturated carbocycles. The first-order chi connectivity index (χ1) is 8.20. The first-order valence-corrected chi connectivity index (χ1v) is 7.56. The maximum atomic E-state index is 5.94. The Hall–Kier alpha value is 0.310. The molecule has 0 bridgehead atoms. The van der Waals surface area contributed by atoms with Gasteiger partial charge in [-0.1, -0.05) is 13.8 Å². The molecule has 0 aromatic rings. The van der Waals surface area contributed by atoms with E-state index in [1.54, 1.807) is 0 Å². The molecular weight excluding hydrogens is 361 g/mol. The van der Waals surface area contributed by atoms with Gasteiger partial charge in [0.15, 0.2) is 5.96 Å². The minimum Gasteiger partial charge on any atom is -0.381 e. The van der Waals surface area contributed by atoms with Gasteiger partial charge in [0.25, 0.3) is 0 Å². The minimum absolute atomic E-state index is 0. The topological polar surface area (TPSA) is 50.9 Å². The van der Waals surface area contributed by atoms with Crippen LogP contribution in [0.1, 0.15) is 20.3 Å². The van der Waals surface area contributed by atoms with Crippen LogP contribution in [0.2, 0.25) is 0 Å². The van der Waals surface area contributed by atoms with E-state index >= 15 is 0 Å². The van der Waals surface area contributed by atoms with Crippen molar-refractivity contribution in [1.29, 1.82) is 0 Å². The fraction of sp³-hybridized carbons (Fsp3) is 0.917. The van der Waals surface area contributed by atoms with Gasteiger partial charge >= 0.3 is 0 Å². The van der Waals surface area contributed by atoms with Crippen LogP contribution in [0.15, 0.2) is 4.99 Å². The van der Waals surface area contributed by atoms with Gasteiger partial charge in [0.1, 0.15) is 0 Å². The zero-order valence-corrected chi connectivity index (χ0v) is 14.6. The largest absolute Gasteiger partial charge is 0.381 e. The molecule has 2 N–H and O–H groups in total. The molecule has 1 saturated heterocycles. The number of aliphatic imine (C=N–C) groups is 1. The fourth-order valence-corrected chi connectivity index (χ4v) is 2.47. The predicted molar refractivity (Wildman–Crippen MR) is 91.1 cm³/mol. The van der Waals surface area contributed by atoms with E-state index in [0.717, 1.165) is 50.8 Å². The van der Waals surface area contributed by atoms with Crippen molar-refractivity contribution in [2.24, 2.45) is 16.6 Å². The van der Waals surface area contributed by atoms with Crippen molar-refractivity contribution in [2.75, 3.05) is 44.4 Å². The van der Waals surface area contributed by atoms with Crippen LogP contribution in [-0.4, -0.2) is 55.2 Å². The zero-order valence-electron chi connectivity index (χ0n) is 11.4. The van der Waals surface area contributed by atoms with E-state index < -0.39 is 0 Å². The average molecular weight is 387 g/mol. The van der Waals surface area contributed by atoms with Gasteiger partial charge in [-0.3, -0.25) is 4.99 Å². The van der Waals surface area contributed by atoms with Crippen LogP contribution in [0.5, 0.6) is 0 Å². The van der Waals surface area contributed by atoms with Crippen molar-refractivity contribution < 1.29 is 4.74 Å². The van der Waals surface area contributed by atoms with Gasteiger partial charge < -0.3 is 15.4 Å². The van der Waals surface area contributed by atoms with Gasteiger partial charge in [0.2, 0.25) is 0 Å². The summed E-state index contributed by atoms with van der Waals surface area (Å²) in [6.07, 6.45) is 0.954. The number of hydrogen-bond donors (Lipinski definition) is 1. The molecule has 18 heavy (non-hydrogen) atoms. The zero-order chi connectivity index (χ0) is 12.5. The lowest BCUT2D eigenvalue weighted by molar-refractivity contribution is 0.109. The summed E-state index contributed by atoms with van der Waals surface area (Å²) < 4.78 is 5.50. The maximum absolute atomic E-state index is 5.94. The van der Waals surface area contributed by atoms with Crippen LogP contribution in [0.3, 0.4) is 0 Å². The van der Waals surface area contributed by atoms with E-state index in [-0.39, 0.29) is 24.0 Å². The summed E-state index contributed by atoms with van der Waals surface area (Å²) in [5.74, 6) is 3.63. The van der Waals surface area contributed by atoms with E-state index in [2.05, 4.69) is 23.7 Å². The number of rotatable bonds is 6. The number of ether oxygens (including phenoxy) is 1. The highest BCUT2D eigenvalue weighted by molar-refractivity contribution is 14.0. The number of nitrogens with two attached hydrogens (primary N) is 1. The number of nitrogens with zero attached hydrogens (tertiary/aromatic N) is 2. The standard InChI is InChI=1S/C12H25N3OS.HI/c1-11(2)10-16-7-3-4-14-12(13)15-5-8-17-9-6-15;/h11H,3-10H2,1-2H3,(H2,13,14);1H. The Morgan fingerprint density at radius 3 is 2.67 bits per heavy atom. The van der Waals surface area contributed by atoms with Crippen LogP contribution in [-0.2, 0) is 4.74 Å². The van der Waals surface area contributed by atoms with Gasteiger partial charge in [0.05, 0.1) is 0 Å². The molecule has 1 heterocycles. The fourth-order valence-electron chi connectivity index (χ4n) is 1.57. The van der Waals surface area contributed by atoms with E-state index in [0.29, 0.717) is 11.9 Å². The Kier molecular flexibility index (Phi) is 11.4. The molecule has 0 aromatic heterocycles. The minimum atomic E-state index is 0. The quantitative estimate of drug-likeness (QED) is 0.328. The highest BCUT2D eigenvalue weighted by atomic mass is 127. The summed E-state index contributed by atoms with van der Waals surface area (Å²) >= 11 is 1.98. The Morgan fingerprint density at radius 1 is 1.39 bits per heavy atom. The van der Waals surface area contributed by atoms with Gasteiger partial charge in [0, 0.05) is 44.4 Å². The van der Waals surface area contributed by atoms with Crippen LogP contribution >= 0.6 is 35.7 Å². The molecule has 0 aromatic carbocycles. The second-order valence-corrected chi connectivity index (χ2v) is 5.89. The van der Waals surface area contributed by atoms with E-state index in [4.69, 9.17) is 10.5 Å². The van der Waals surface area contributed by atoms with Crippen molar-refractivity contribution in [3.63, 3.8) is 0 Å². The molecule has 1 aliphatic heterocycles. The van der Waals surface area contributed by atoms with Gasteiger partial charge in [-0.15, -0.1) is 24.0 Å². The van der Waals surface area contributed by atoms with Crippen LogP contribution in [0.25, 0.3) is 0 Å². The number of hydrogen-bond acceptors (Lipinski definition) is 3. The SMILES string of the molecule is CC(C)COCCCN=C(N)N1CCSCC1.I. The third kappa shape index (κ3) is 8.42. The third-order valence-electron chi connectivity index (χ3n) is 2.51. The molecule has 6 heteroatoms. The third-order valence-corrected chi connectivity index (χ3v) is 3.45. The summed E-state index contributed by atoms with van der Waals surface area (Å²) in [5, 5.41) is 0. The Bertz CT molecular complexity index is 233. The van der Waals surface area contributed by atoms with Crippen molar-refractivity contribution in [1.82, 2.24) is 4.90 Å². The maximum Gasteiger partial charge on any atom is 0.191 e. The molecule has 1 aliphatic rings. The number of halogens is 1. The first kappa shape index (κ1) is 18.3. The Balaban J connectivity index is 0.00000289. The predicted octanol–water partition coefficient (Wildman–Crippen LogP) is 2.03. The van der Waals surface area contributed by atoms with Crippen LogP contribution in [0, 0.1) is 5.92 Å². The van der Waals surface area contributed by atoms with E-state index in [1.807, 2.05) is 11.8 Å². The molecule has 1 fully saturated rings. The lowest BCUT2D eigenvalue weighted by Crippen LogP contribution is -2.42. The number of thioether (sulfide) groups is 1. The summed E-state index contributed by atoms with van der Waals surface area (Å²) in [6, 6.07) is 0. The van der Waals surface area contributed by atoms with Crippen LogP contribution < -0.4 is 5.73 Å². The first-order valence-electron chi connectivity index (χ1n) is 6.40. The highest BCUT2D eigenvalue weighted by Gasteiger charge is 2.11. The smallest absolute Gasteiger partial charge is 0.191 e. The molecule has 0 atom stereocenters. The molecule has 0 spiro atoms. The summed E-state index contributed by atoms with van der Waals surface area (Å²) in [7, 11) is 0. The van der Waals surface area contributed by atoms with Crippen LogP contribution in [0.4, 0.5) is 0 Å².